The molecule has 0 radical (unpaired) electrons. The summed E-state index contributed by atoms with van der Waals surface area (Å²) in [6.45, 7) is 1.63. The number of halogens is 1. The molecule has 10 nitrogen and oxygen atoms in total. The Kier molecular flexibility index (Phi) is 7.77. The number of hydrogen-bond donors (Lipinski definition) is 1. The van der Waals surface area contributed by atoms with Gasteiger partial charge in [-0.1, -0.05) is 41.9 Å². The molecule has 11 heteroatoms. The summed E-state index contributed by atoms with van der Waals surface area (Å²) in [6.07, 6.45) is 0.616. The van der Waals surface area contributed by atoms with E-state index < -0.39 is 16.8 Å². The number of nitrogens with zero attached hydrogens (tertiary/aromatic N) is 1. The lowest BCUT2D eigenvalue weighted by atomic mass is 9.71. The third-order valence-electron chi connectivity index (χ3n) is 7.75. The van der Waals surface area contributed by atoms with Crippen LogP contribution < -0.4 is 19.5 Å². The summed E-state index contributed by atoms with van der Waals surface area (Å²) < 4.78 is 22.2. The van der Waals surface area contributed by atoms with E-state index in [2.05, 4.69) is 5.32 Å². The molecule has 0 bridgehead atoms. The van der Waals surface area contributed by atoms with Gasteiger partial charge in [-0.3, -0.25) is 14.9 Å². The molecule has 0 unspecified atom stereocenters. The number of Topliss-reactive ketones (excluding diaryl/α,β-unsaturated/α-hetero) is 1. The van der Waals surface area contributed by atoms with Crippen LogP contribution in [0.2, 0.25) is 5.02 Å². The van der Waals surface area contributed by atoms with Gasteiger partial charge in [0.25, 0.3) is 5.69 Å². The number of carbonyl (C=O) groups is 2. The van der Waals surface area contributed by atoms with Crippen LogP contribution in [0.3, 0.4) is 0 Å². The molecule has 6 rings (SSSR count). The molecule has 0 saturated carbocycles. The average molecular weight is 603 g/mol. The third-order valence-corrected chi connectivity index (χ3v) is 8.00. The molecule has 0 saturated heterocycles. The Morgan fingerprint density at radius 1 is 1.05 bits per heavy atom. The van der Waals surface area contributed by atoms with Gasteiger partial charge in [0.15, 0.2) is 17.3 Å². The highest BCUT2D eigenvalue weighted by atomic mass is 35.5. The fraction of sp³-hybridized carbons (Fsp3) is 0.250. The number of ketones is 1. The highest BCUT2D eigenvalue weighted by Crippen LogP contribution is 2.50. The van der Waals surface area contributed by atoms with Crippen LogP contribution in [0.5, 0.6) is 17.2 Å². The van der Waals surface area contributed by atoms with Crippen LogP contribution in [0.4, 0.5) is 5.69 Å². The summed E-state index contributed by atoms with van der Waals surface area (Å²) in [5, 5.41) is 16.2. The van der Waals surface area contributed by atoms with Crippen LogP contribution in [-0.2, 0) is 14.3 Å². The number of nitro benzene ring substituents is 1. The Bertz CT molecular complexity index is 1670. The molecule has 0 fully saturated rings. The molecule has 3 aromatic rings. The van der Waals surface area contributed by atoms with Crippen LogP contribution >= 0.6 is 11.6 Å². The highest BCUT2D eigenvalue weighted by Gasteiger charge is 2.44. The van der Waals surface area contributed by atoms with E-state index in [0.717, 1.165) is 5.56 Å². The third kappa shape index (κ3) is 5.65. The minimum absolute atomic E-state index is 0.0705. The van der Waals surface area contributed by atoms with E-state index in [-0.39, 0.29) is 60.7 Å². The van der Waals surface area contributed by atoms with Gasteiger partial charge in [0, 0.05) is 34.0 Å². The van der Waals surface area contributed by atoms with Crippen molar-refractivity contribution in [1.82, 2.24) is 5.32 Å². The SMILES string of the molecule is CC1=C(C(=O)OCCOc2ccccc2)[C@@H](c2cc3c(cc2[N+](=O)[O-])OCO3)C2=C(C[C@@H](c3ccc(Cl)cc3)CC2=O)N1. The lowest BCUT2D eigenvalue weighted by molar-refractivity contribution is -0.385. The van der Waals surface area contributed by atoms with Gasteiger partial charge >= 0.3 is 5.97 Å². The summed E-state index contributed by atoms with van der Waals surface area (Å²) in [6, 6.07) is 19.2. The minimum atomic E-state index is -1.06. The van der Waals surface area contributed by atoms with Crippen LogP contribution in [0, 0.1) is 10.1 Å². The Labute approximate surface area is 252 Å². The second-order valence-electron chi connectivity index (χ2n) is 10.4. The summed E-state index contributed by atoms with van der Waals surface area (Å²) in [5.74, 6) is -0.995. The second-order valence-corrected chi connectivity index (χ2v) is 10.8. The number of hydrogen-bond acceptors (Lipinski definition) is 9. The van der Waals surface area contributed by atoms with Gasteiger partial charge < -0.3 is 24.3 Å². The largest absolute Gasteiger partial charge is 0.490 e. The van der Waals surface area contributed by atoms with Crippen LogP contribution in [-0.4, -0.2) is 36.7 Å². The van der Waals surface area contributed by atoms with Crippen molar-refractivity contribution in [3.05, 3.63) is 116 Å². The van der Waals surface area contributed by atoms with E-state index in [1.54, 1.807) is 31.2 Å². The number of dihydropyridines is 1. The zero-order chi connectivity index (χ0) is 30.1. The maximum Gasteiger partial charge on any atom is 0.336 e. The molecule has 0 aromatic heterocycles. The predicted octanol–water partition coefficient (Wildman–Crippen LogP) is 5.96. The summed E-state index contributed by atoms with van der Waals surface area (Å²) in [4.78, 5) is 39.4. The standard InChI is InChI=1S/C32H27ClN2O8/c1-18-29(32(37)41-12-11-40-22-5-3-2-4-6-22)30(23-15-27-28(43-17-42-27)16-25(23)35(38)39)31-24(34-18)13-20(14-26(31)36)19-7-9-21(33)10-8-19/h2-10,15-16,20,30,34H,11-14,17H2,1H3/t20-,30-/m1/s1. The molecule has 1 aliphatic carbocycles. The number of allylic oxidation sites excluding steroid dienone is 3. The van der Waals surface area contributed by atoms with Crippen molar-refractivity contribution in [1.29, 1.82) is 0 Å². The molecule has 1 N–H and O–H groups in total. The first-order valence-corrected chi connectivity index (χ1v) is 14.1. The quantitative estimate of drug-likeness (QED) is 0.144. The molecule has 2 heterocycles. The van der Waals surface area contributed by atoms with E-state index in [4.69, 9.17) is 30.5 Å². The number of rotatable bonds is 8. The van der Waals surface area contributed by atoms with E-state index in [1.807, 2.05) is 30.3 Å². The Balaban J connectivity index is 1.37. The smallest absolute Gasteiger partial charge is 0.336 e. The van der Waals surface area contributed by atoms with Crippen LogP contribution in [0.25, 0.3) is 0 Å². The maximum atomic E-state index is 13.9. The number of nitrogens with one attached hydrogen (secondary N) is 1. The normalized spacial score (nSPS) is 19.1. The molecule has 220 valence electrons. The van der Waals surface area contributed by atoms with Gasteiger partial charge in [0.05, 0.1) is 22.5 Å². The van der Waals surface area contributed by atoms with Crippen molar-refractivity contribution < 1.29 is 33.5 Å². The molecule has 3 aliphatic rings. The summed E-state index contributed by atoms with van der Waals surface area (Å²) in [7, 11) is 0. The number of ether oxygens (including phenoxy) is 4. The first-order chi connectivity index (χ1) is 20.8. The lowest BCUT2D eigenvalue weighted by Crippen LogP contribution is -2.36. The minimum Gasteiger partial charge on any atom is -0.490 e. The number of nitro groups is 1. The number of para-hydroxylation sites is 1. The van der Waals surface area contributed by atoms with E-state index in [9.17, 15) is 19.7 Å². The maximum absolute atomic E-state index is 13.9. The molecule has 0 amide bonds. The van der Waals surface area contributed by atoms with Crippen molar-refractivity contribution >= 4 is 29.0 Å². The topological polar surface area (TPSA) is 126 Å². The van der Waals surface area contributed by atoms with Gasteiger partial charge in [0.2, 0.25) is 6.79 Å². The first kappa shape index (κ1) is 28.3. The van der Waals surface area contributed by atoms with Gasteiger partial charge in [-0.05, 0) is 55.2 Å². The summed E-state index contributed by atoms with van der Waals surface area (Å²) >= 11 is 6.08. The highest BCUT2D eigenvalue weighted by molar-refractivity contribution is 6.30. The van der Waals surface area contributed by atoms with Crippen molar-refractivity contribution in [2.45, 2.75) is 31.6 Å². The zero-order valence-electron chi connectivity index (χ0n) is 23.1. The first-order valence-electron chi connectivity index (χ1n) is 13.7. The number of fused-ring (bicyclic) bond motifs is 1. The zero-order valence-corrected chi connectivity index (χ0v) is 23.9. The molecule has 3 aromatic carbocycles. The van der Waals surface area contributed by atoms with Gasteiger partial charge in [-0.2, -0.15) is 0 Å². The predicted molar refractivity (Wildman–Crippen MR) is 156 cm³/mol. The van der Waals surface area contributed by atoms with Gasteiger partial charge in [-0.25, -0.2) is 4.79 Å². The van der Waals surface area contributed by atoms with Crippen LogP contribution in [0.15, 0.2) is 89.3 Å². The van der Waals surface area contributed by atoms with E-state index in [1.165, 1.54) is 12.1 Å². The van der Waals surface area contributed by atoms with Crippen molar-refractivity contribution in [2.24, 2.45) is 0 Å². The number of esters is 1. The monoisotopic (exact) mass is 602 g/mol. The molecule has 43 heavy (non-hydrogen) atoms. The molecular formula is C32H27ClN2O8. The van der Waals surface area contributed by atoms with Crippen LogP contribution in [0.1, 0.15) is 42.7 Å². The van der Waals surface area contributed by atoms with E-state index >= 15 is 0 Å². The molecule has 2 aliphatic heterocycles. The lowest BCUT2D eigenvalue weighted by Gasteiger charge is -2.36. The molecule has 0 spiro atoms. The number of carbonyl (C=O) groups excluding carboxylic acids is 2. The van der Waals surface area contributed by atoms with Crippen molar-refractivity contribution in [2.75, 3.05) is 20.0 Å². The summed E-state index contributed by atoms with van der Waals surface area (Å²) in [5.41, 5.74) is 2.25. The fourth-order valence-corrected chi connectivity index (χ4v) is 5.94. The Morgan fingerprint density at radius 3 is 2.49 bits per heavy atom. The van der Waals surface area contributed by atoms with E-state index in [0.29, 0.717) is 39.9 Å². The van der Waals surface area contributed by atoms with Crippen molar-refractivity contribution in [3.8, 4) is 17.2 Å². The average Bonchev–Trinajstić information content (AvgIpc) is 3.46. The van der Waals surface area contributed by atoms with Gasteiger partial charge in [-0.15, -0.1) is 0 Å². The van der Waals surface area contributed by atoms with Crippen molar-refractivity contribution in [3.63, 3.8) is 0 Å². The molecular weight excluding hydrogens is 576 g/mol. The Morgan fingerprint density at radius 2 is 1.77 bits per heavy atom. The molecule has 2 atom stereocenters. The second kappa shape index (κ2) is 11.8. The fourth-order valence-electron chi connectivity index (χ4n) is 5.82. The van der Waals surface area contributed by atoms with Gasteiger partial charge in [0.1, 0.15) is 19.0 Å². The Hall–Kier alpha value is -4.83. The number of benzene rings is 3.